The van der Waals surface area contributed by atoms with E-state index in [1.165, 1.54) is 0 Å². The lowest BCUT2D eigenvalue weighted by atomic mass is 10.1. The molecular weight excluding hydrogens is 302 g/mol. The van der Waals surface area contributed by atoms with Crippen molar-refractivity contribution in [2.75, 3.05) is 0 Å². The van der Waals surface area contributed by atoms with Crippen molar-refractivity contribution >= 4 is 23.3 Å². The van der Waals surface area contributed by atoms with Gasteiger partial charge in [0.2, 0.25) is 0 Å². The topological polar surface area (TPSA) is 58.9 Å². The molecule has 1 N–H and O–H groups in total. The van der Waals surface area contributed by atoms with Crippen molar-refractivity contribution in [3.8, 4) is 0 Å². The summed E-state index contributed by atoms with van der Waals surface area (Å²) in [6.45, 7) is 0.149. The smallest absolute Gasteiger partial charge is 0.356 e. The Morgan fingerprint density at radius 1 is 1.09 bits per heavy atom. The van der Waals surface area contributed by atoms with Crippen molar-refractivity contribution < 1.29 is 14.7 Å². The minimum atomic E-state index is -0.617. The van der Waals surface area contributed by atoms with Gasteiger partial charge in [0.25, 0.3) is 0 Å². The predicted octanol–water partition coefficient (Wildman–Crippen LogP) is 3.85. The van der Waals surface area contributed by atoms with E-state index in [1.54, 1.807) is 6.07 Å². The van der Waals surface area contributed by atoms with Gasteiger partial charge in [-0.25, -0.2) is 4.79 Å². The fraction of sp³-hybridized carbons (Fsp3) is 0.176. The lowest BCUT2D eigenvalue weighted by Crippen LogP contribution is -2.18. The van der Waals surface area contributed by atoms with E-state index in [2.05, 4.69) is 5.16 Å². The first kappa shape index (κ1) is 16.0. The van der Waals surface area contributed by atoms with E-state index in [9.17, 15) is 4.79 Å². The van der Waals surface area contributed by atoms with Gasteiger partial charge in [-0.2, -0.15) is 0 Å². The first-order valence-electron chi connectivity index (χ1n) is 6.85. The predicted molar refractivity (Wildman–Crippen MR) is 85.2 cm³/mol. The molecule has 0 amide bonds. The van der Waals surface area contributed by atoms with Crippen LogP contribution in [0.25, 0.3) is 0 Å². The molecule has 0 fully saturated rings. The Labute approximate surface area is 134 Å². The molecule has 0 unspecified atom stereocenters. The normalized spacial score (nSPS) is 11.2. The molecule has 4 nitrogen and oxygen atoms in total. The lowest BCUT2D eigenvalue weighted by Gasteiger charge is -2.06. The number of carbonyl (C=O) groups excluding carboxylic acids is 1. The summed E-state index contributed by atoms with van der Waals surface area (Å²) in [5, 5.41) is 12.7. The molecule has 0 radical (unpaired) electrons. The Hall–Kier alpha value is -2.33. The summed E-state index contributed by atoms with van der Waals surface area (Å²) in [7, 11) is 0. The highest BCUT2D eigenvalue weighted by molar-refractivity contribution is 6.36. The Kier molecular flexibility index (Phi) is 5.98. The van der Waals surface area contributed by atoms with Gasteiger partial charge in [-0.05, 0) is 29.7 Å². The maximum absolute atomic E-state index is 11.9. The molecule has 0 aromatic heterocycles. The SMILES string of the molecule is O=C(OCc1ccccc1)/C(CCc1cccc(Cl)c1)=N\O. The van der Waals surface area contributed by atoms with E-state index in [1.807, 2.05) is 48.5 Å². The standard InChI is InChI=1S/C17H16ClNO3/c18-15-8-4-7-13(11-15)9-10-16(19-21)17(20)22-12-14-5-2-1-3-6-14/h1-8,11,21H,9-10,12H2/b19-16-. The number of benzene rings is 2. The van der Waals surface area contributed by atoms with Crippen molar-refractivity contribution in [2.45, 2.75) is 19.4 Å². The Balaban J connectivity index is 1.87. The molecule has 22 heavy (non-hydrogen) atoms. The number of oxime groups is 1. The number of esters is 1. The fourth-order valence-electron chi connectivity index (χ4n) is 1.95. The molecule has 114 valence electrons. The van der Waals surface area contributed by atoms with Gasteiger partial charge >= 0.3 is 5.97 Å². The van der Waals surface area contributed by atoms with Gasteiger partial charge in [-0.15, -0.1) is 0 Å². The van der Waals surface area contributed by atoms with Crippen LogP contribution in [-0.4, -0.2) is 16.9 Å². The second kappa shape index (κ2) is 8.20. The summed E-state index contributed by atoms with van der Waals surface area (Å²) in [6.07, 6.45) is 0.824. The summed E-state index contributed by atoms with van der Waals surface area (Å²) >= 11 is 5.90. The summed E-state index contributed by atoms with van der Waals surface area (Å²) in [5.74, 6) is -0.617. The minimum Gasteiger partial charge on any atom is -0.456 e. The third kappa shape index (κ3) is 4.90. The number of hydrogen-bond donors (Lipinski definition) is 1. The summed E-state index contributed by atoms with van der Waals surface area (Å²) in [4.78, 5) is 11.9. The van der Waals surface area contributed by atoms with Crippen LogP contribution in [0, 0.1) is 0 Å². The van der Waals surface area contributed by atoms with Crippen molar-refractivity contribution in [1.29, 1.82) is 0 Å². The van der Waals surface area contributed by atoms with Crippen LogP contribution in [-0.2, 0) is 22.6 Å². The average molecular weight is 318 g/mol. The fourth-order valence-corrected chi connectivity index (χ4v) is 2.17. The van der Waals surface area contributed by atoms with Gasteiger partial charge in [0.05, 0.1) is 0 Å². The van der Waals surface area contributed by atoms with Gasteiger partial charge in [0.15, 0.2) is 5.71 Å². The molecule has 2 aromatic carbocycles. The van der Waals surface area contributed by atoms with E-state index < -0.39 is 5.97 Å². The van der Waals surface area contributed by atoms with Gasteiger partial charge in [-0.3, -0.25) is 0 Å². The van der Waals surface area contributed by atoms with Crippen molar-refractivity contribution in [1.82, 2.24) is 0 Å². The van der Waals surface area contributed by atoms with E-state index in [0.717, 1.165) is 11.1 Å². The van der Waals surface area contributed by atoms with Crippen LogP contribution in [0.4, 0.5) is 0 Å². The molecule has 0 saturated carbocycles. The molecule has 0 aliphatic heterocycles. The zero-order valence-corrected chi connectivity index (χ0v) is 12.7. The number of carbonyl (C=O) groups is 1. The molecule has 2 rings (SSSR count). The highest BCUT2D eigenvalue weighted by Gasteiger charge is 2.14. The number of hydrogen-bond acceptors (Lipinski definition) is 4. The van der Waals surface area contributed by atoms with E-state index in [-0.39, 0.29) is 18.7 Å². The number of aryl methyl sites for hydroxylation is 1. The number of halogens is 1. The third-order valence-electron chi connectivity index (χ3n) is 3.11. The monoisotopic (exact) mass is 317 g/mol. The molecule has 2 aromatic rings. The van der Waals surface area contributed by atoms with E-state index >= 15 is 0 Å². The lowest BCUT2D eigenvalue weighted by molar-refractivity contribution is -0.137. The quantitative estimate of drug-likeness (QED) is 0.381. The van der Waals surface area contributed by atoms with Crippen LogP contribution >= 0.6 is 11.6 Å². The Morgan fingerprint density at radius 2 is 1.82 bits per heavy atom. The van der Waals surface area contributed by atoms with Crippen LogP contribution in [0.5, 0.6) is 0 Å². The highest BCUT2D eigenvalue weighted by Crippen LogP contribution is 2.13. The highest BCUT2D eigenvalue weighted by atomic mass is 35.5. The Morgan fingerprint density at radius 3 is 2.50 bits per heavy atom. The average Bonchev–Trinajstić information content (AvgIpc) is 2.54. The van der Waals surface area contributed by atoms with Gasteiger partial charge in [-0.1, -0.05) is 59.2 Å². The second-order valence-electron chi connectivity index (χ2n) is 4.74. The molecule has 0 atom stereocenters. The largest absolute Gasteiger partial charge is 0.456 e. The molecule has 0 bridgehead atoms. The number of nitrogens with zero attached hydrogens (tertiary/aromatic N) is 1. The molecule has 0 saturated heterocycles. The van der Waals surface area contributed by atoms with Crippen molar-refractivity contribution in [3.05, 3.63) is 70.7 Å². The molecular formula is C17H16ClNO3. The van der Waals surface area contributed by atoms with Crippen molar-refractivity contribution in [3.63, 3.8) is 0 Å². The van der Waals surface area contributed by atoms with Gasteiger partial charge in [0, 0.05) is 11.4 Å². The van der Waals surface area contributed by atoms with Crippen LogP contribution in [0.2, 0.25) is 5.02 Å². The molecule has 0 aliphatic rings. The van der Waals surface area contributed by atoms with Crippen LogP contribution in [0.15, 0.2) is 59.8 Å². The molecule has 0 spiro atoms. The molecule has 0 heterocycles. The first-order chi connectivity index (χ1) is 10.7. The number of rotatable bonds is 6. The van der Waals surface area contributed by atoms with Gasteiger partial charge in [0.1, 0.15) is 6.61 Å². The Bertz CT molecular complexity index is 656. The van der Waals surface area contributed by atoms with Crippen LogP contribution in [0.3, 0.4) is 0 Å². The minimum absolute atomic E-state index is 0.00379. The van der Waals surface area contributed by atoms with E-state index in [4.69, 9.17) is 21.5 Å². The third-order valence-corrected chi connectivity index (χ3v) is 3.34. The summed E-state index contributed by atoms with van der Waals surface area (Å²) in [6, 6.07) is 16.6. The second-order valence-corrected chi connectivity index (χ2v) is 5.17. The van der Waals surface area contributed by atoms with Crippen LogP contribution in [0.1, 0.15) is 17.5 Å². The zero-order valence-electron chi connectivity index (χ0n) is 11.9. The van der Waals surface area contributed by atoms with Gasteiger partial charge < -0.3 is 9.94 Å². The van der Waals surface area contributed by atoms with E-state index in [0.29, 0.717) is 11.4 Å². The molecule has 5 heteroatoms. The summed E-state index contributed by atoms with van der Waals surface area (Å²) < 4.78 is 5.14. The van der Waals surface area contributed by atoms with Crippen molar-refractivity contribution in [2.24, 2.45) is 5.16 Å². The molecule has 0 aliphatic carbocycles. The number of ether oxygens (including phenoxy) is 1. The zero-order chi connectivity index (χ0) is 15.8. The first-order valence-corrected chi connectivity index (χ1v) is 7.23. The van der Waals surface area contributed by atoms with Crippen LogP contribution < -0.4 is 0 Å². The maximum Gasteiger partial charge on any atom is 0.356 e. The maximum atomic E-state index is 11.9. The summed E-state index contributed by atoms with van der Waals surface area (Å²) in [5.41, 5.74) is 1.84.